The van der Waals surface area contributed by atoms with Crippen LogP contribution in [-0.2, 0) is 4.79 Å². The normalized spacial score (nSPS) is 11.5. The molecule has 0 saturated carbocycles. The number of hydrogen-bond acceptors (Lipinski definition) is 5. The number of aromatic nitrogens is 2. The Kier molecular flexibility index (Phi) is 5.28. The van der Waals surface area contributed by atoms with Gasteiger partial charge in [0, 0.05) is 16.0 Å². The number of nitrogens with zero attached hydrogens (tertiary/aromatic N) is 2. The van der Waals surface area contributed by atoms with E-state index in [0.717, 1.165) is 11.1 Å². The molecule has 0 spiro atoms. The maximum absolute atomic E-state index is 12.1. The van der Waals surface area contributed by atoms with Crippen molar-refractivity contribution in [1.29, 1.82) is 0 Å². The van der Waals surface area contributed by atoms with Crippen molar-refractivity contribution < 1.29 is 22.7 Å². The summed E-state index contributed by atoms with van der Waals surface area (Å²) in [5, 5.41) is 4.78. The lowest BCUT2D eigenvalue weighted by Crippen LogP contribution is -2.36. The molecule has 3 rings (SSSR count). The van der Waals surface area contributed by atoms with Crippen LogP contribution in [0, 0.1) is 0 Å². The second-order valence-electron chi connectivity index (χ2n) is 5.20. The summed E-state index contributed by atoms with van der Waals surface area (Å²) in [5.41, 5.74) is 1.63. The molecule has 0 fully saturated rings. The zero-order valence-electron chi connectivity index (χ0n) is 13.0. The summed E-state index contributed by atoms with van der Waals surface area (Å²) in [6.07, 6.45) is -3.21. The van der Waals surface area contributed by atoms with Gasteiger partial charge in [0.25, 0.3) is 5.91 Å². The fourth-order valence-corrected chi connectivity index (χ4v) is 3.22. The number of benzene rings is 1. The summed E-state index contributed by atoms with van der Waals surface area (Å²) in [4.78, 5) is 20.3. The molecule has 26 heavy (non-hydrogen) atoms. The van der Waals surface area contributed by atoms with Crippen molar-refractivity contribution in [2.75, 3.05) is 13.2 Å². The molecule has 10 heteroatoms. The number of halogens is 4. The van der Waals surface area contributed by atoms with Crippen LogP contribution in [0.4, 0.5) is 13.2 Å². The second kappa shape index (κ2) is 7.46. The highest BCUT2D eigenvalue weighted by Crippen LogP contribution is 2.37. The van der Waals surface area contributed by atoms with Crippen LogP contribution >= 0.6 is 22.9 Å². The highest BCUT2D eigenvalue weighted by atomic mass is 35.5. The second-order valence-corrected chi connectivity index (χ2v) is 6.49. The molecule has 1 N–H and O–H groups in total. The molecule has 0 aliphatic rings. The van der Waals surface area contributed by atoms with E-state index in [4.69, 9.17) is 16.3 Å². The predicted octanol–water partition coefficient (Wildman–Crippen LogP) is 4.07. The maximum atomic E-state index is 12.1. The lowest BCUT2D eigenvalue weighted by Gasteiger charge is -2.10. The van der Waals surface area contributed by atoms with E-state index in [1.165, 1.54) is 17.7 Å². The summed E-state index contributed by atoms with van der Waals surface area (Å²) in [6, 6.07) is 7.10. The first-order chi connectivity index (χ1) is 12.3. The molecular weight excluding hydrogens is 391 g/mol. The Hall–Kier alpha value is -2.39. The quantitative estimate of drug-likeness (QED) is 0.700. The van der Waals surface area contributed by atoms with Crippen LogP contribution in [-0.4, -0.2) is 35.2 Å². The summed E-state index contributed by atoms with van der Waals surface area (Å²) in [6.45, 7) is -2.00. The van der Waals surface area contributed by atoms with E-state index in [1.54, 1.807) is 17.4 Å². The highest BCUT2D eigenvalue weighted by molar-refractivity contribution is 7.17. The number of nitrogens with one attached hydrogen (secondary N) is 1. The molecule has 0 unspecified atom stereocenters. The Balaban J connectivity index is 1.82. The molecule has 2 aromatic heterocycles. The van der Waals surface area contributed by atoms with Gasteiger partial charge in [-0.2, -0.15) is 13.2 Å². The van der Waals surface area contributed by atoms with Crippen molar-refractivity contribution >= 4 is 39.1 Å². The molecule has 0 aliphatic carbocycles. The fourth-order valence-electron chi connectivity index (χ4n) is 2.18. The SMILES string of the molecule is O=C(COc1ncnc2scc(-c3ccc(Cl)cc3)c12)NCC(F)(F)F. The van der Waals surface area contributed by atoms with Crippen molar-refractivity contribution in [3.8, 4) is 17.0 Å². The average Bonchev–Trinajstić information content (AvgIpc) is 3.03. The van der Waals surface area contributed by atoms with E-state index in [9.17, 15) is 18.0 Å². The third kappa shape index (κ3) is 4.41. The third-order valence-corrected chi connectivity index (χ3v) is 4.45. The smallest absolute Gasteiger partial charge is 0.405 e. The van der Waals surface area contributed by atoms with Crippen molar-refractivity contribution in [2.24, 2.45) is 0 Å². The number of carbonyl (C=O) groups is 1. The van der Waals surface area contributed by atoms with Crippen molar-refractivity contribution in [1.82, 2.24) is 15.3 Å². The number of ether oxygens (including phenoxy) is 1. The molecular formula is C16H11ClF3N3O2S. The zero-order chi connectivity index (χ0) is 18.7. The van der Waals surface area contributed by atoms with Gasteiger partial charge in [0.15, 0.2) is 6.61 Å². The van der Waals surface area contributed by atoms with Crippen molar-refractivity contribution in [3.05, 3.63) is 41.0 Å². The van der Waals surface area contributed by atoms with E-state index in [1.807, 2.05) is 17.5 Å². The zero-order valence-corrected chi connectivity index (χ0v) is 14.6. The van der Waals surface area contributed by atoms with Crippen LogP contribution in [0.15, 0.2) is 36.0 Å². The van der Waals surface area contributed by atoms with Crippen molar-refractivity contribution in [2.45, 2.75) is 6.18 Å². The lowest BCUT2D eigenvalue weighted by molar-refractivity contribution is -0.139. The molecule has 0 radical (unpaired) electrons. The molecule has 1 amide bonds. The Morgan fingerprint density at radius 2 is 1.96 bits per heavy atom. The largest absolute Gasteiger partial charge is 0.467 e. The molecule has 5 nitrogen and oxygen atoms in total. The van der Waals surface area contributed by atoms with Crippen LogP contribution < -0.4 is 10.1 Å². The number of amides is 1. The van der Waals surface area contributed by atoms with E-state index in [2.05, 4.69) is 9.97 Å². The minimum absolute atomic E-state index is 0.128. The topological polar surface area (TPSA) is 64.1 Å². The summed E-state index contributed by atoms with van der Waals surface area (Å²) in [7, 11) is 0. The average molecular weight is 402 g/mol. The molecule has 0 atom stereocenters. The summed E-state index contributed by atoms with van der Waals surface area (Å²) in [5.74, 6) is -0.763. The van der Waals surface area contributed by atoms with Gasteiger partial charge in [0.2, 0.25) is 5.88 Å². The minimum atomic E-state index is -4.48. The van der Waals surface area contributed by atoms with Gasteiger partial charge in [-0.25, -0.2) is 9.97 Å². The van der Waals surface area contributed by atoms with Crippen LogP contribution in [0.2, 0.25) is 5.02 Å². The number of hydrogen-bond donors (Lipinski definition) is 1. The van der Waals surface area contributed by atoms with Gasteiger partial charge in [-0.05, 0) is 17.7 Å². The van der Waals surface area contributed by atoms with Crippen LogP contribution in [0.5, 0.6) is 5.88 Å². The summed E-state index contributed by atoms with van der Waals surface area (Å²) < 4.78 is 41.7. The van der Waals surface area contributed by atoms with Gasteiger partial charge in [0.1, 0.15) is 17.7 Å². The van der Waals surface area contributed by atoms with Gasteiger partial charge in [-0.15, -0.1) is 11.3 Å². The molecule has 1 aromatic carbocycles. The number of alkyl halides is 3. The van der Waals surface area contributed by atoms with Gasteiger partial charge in [0.05, 0.1) is 5.39 Å². The first-order valence-corrected chi connectivity index (χ1v) is 8.53. The molecule has 0 bridgehead atoms. The molecule has 0 saturated heterocycles. The van der Waals surface area contributed by atoms with E-state index < -0.39 is 25.2 Å². The van der Waals surface area contributed by atoms with Crippen LogP contribution in [0.3, 0.4) is 0 Å². The molecule has 3 aromatic rings. The van der Waals surface area contributed by atoms with Gasteiger partial charge < -0.3 is 10.1 Å². The van der Waals surface area contributed by atoms with E-state index >= 15 is 0 Å². The Morgan fingerprint density at radius 3 is 2.65 bits per heavy atom. The lowest BCUT2D eigenvalue weighted by atomic mass is 10.1. The number of thiophene rings is 1. The number of rotatable bonds is 5. The monoisotopic (exact) mass is 401 g/mol. The third-order valence-electron chi connectivity index (χ3n) is 3.32. The Labute approximate surface area is 154 Å². The molecule has 136 valence electrons. The van der Waals surface area contributed by atoms with E-state index in [-0.39, 0.29) is 5.88 Å². The Bertz CT molecular complexity index is 929. The van der Waals surface area contributed by atoms with Gasteiger partial charge in [-0.1, -0.05) is 23.7 Å². The van der Waals surface area contributed by atoms with Crippen LogP contribution in [0.1, 0.15) is 0 Å². The Morgan fingerprint density at radius 1 is 1.23 bits per heavy atom. The fraction of sp³-hybridized carbons (Fsp3) is 0.188. The maximum Gasteiger partial charge on any atom is 0.405 e. The first-order valence-electron chi connectivity index (χ1n) is 7.28. The number of carbonyl (C=O) groups excluding carboxylic acids is 1. The summed E-state index contributed by atoms with van der Waals surface area (Å²) >= 11 is 7.26. The van der Waals surface area contributed by atoms with Crippen molar-refractivity contribution in [3.63, 3.8) is 0 Å². The van der Waals surface area contributed by atoms with Gasteiger partial charge >= 0.3 is 6.18 Å². The standard InChI is InChI=1S/C16H11ClF3N3O2S/c17-10-3-1-9(2-4-10)11-6-26-15-13(11)14(22-8-23-15)25-5-12(24)21-7-16(18,19)20/h1-4,6,8H,5,7H2,(H,21,24). The minimum Gasteiger partial charge on any atom is -0.467 e. The number of fused-ring (bicyclic) bond motifs is 1. The van der Waals surface area contributed by atoms with E-state index in [0.29, 0.717) is 15.2 Å². The van der Waals surface area contributed by atoms with Gasteiger partial charge in [-0.3, -0.25) is 4.79 Å². The van der Waals surface area contributed by atoms with Crippen LogP contribution in [0.25, 0.3) is 21.3 Å². The molecule has 2 heterocycles. The first kappa shape index (κ1) is 18.4. The highest BCUT2D eigenvalue weighted by Gasteiger charge is 2.27. The molecule has 0 aliphatic heterocycles. The predicted molar refractivity (Wildman–Crippen MR) is 92.4 cm³/mol.